The van der Waals surface area contributed by atoms with Crippen LogP contribution in [0.1, 0.15) is 89.3 Å². The molecule has 3 N–H and O–H groups in total. The maximum Gasteiger partial charge on any atom is 0.0495 e. The van der Waals surface area contributed by atoms with Gasteiger partial charge in [-0.05, 0) is 87.9 Å². The number of rotatable bonds is 16. The van der Waals surface area contributed by atoms with Gasteiger partial charge in [-0.3, -0.25) is 4.90 Å². The summed E-state index contributed by atoms with van der Waals surface area (Å²) < 4.78 is 0. The SMILES string of the molecule is C/C=C/C=C(\NCCCC(C)CC)C(C)C(N)C(CCC)c1c(C)cccc1CC1=CC=CC1N(C)C. The molecule has 3 heteroatoms. The number of hydrogen-bond donors (Lipinski definition) is 2. The summed E-state index contributed by atoms with van der Waals surface area (Å²) in [5.41, 5.74) is 14.2. The highest BCUT2D eigenvalue weighted by atomic mass is 15.1. The van der Waals surface area contributed by atoms with Crippen LogP contribution in [0.4, 0.5) is 0 Å². The first-order chi connectivity index (χ1) is 17.7. The Morgan fingerprint density at radius 1 is 1.16 bits per heavy atom. The van der Waals surface area contributed by atoms with Gasteiger partial charge in [-0.2, -0.15) is 0 Å². The van der Waals surface area contributed by atoms with Crippen LogP contribution in [0.3, 0.4) is 0 Å². The number of benzene rings is 1. The quantitative estimate of drug-likeness (QED) is 0.179. The van der Waals surface area contributed by atoms with Gasteiger partial charge >= 0.3 is 0 Å². The lowest BCUT2D eigenvalue weighted by atomic mass is 9.76. The molecule has 5 atom stereocenters. The van der Waals surface area contributed by atoms with Crippen LogP contribution in [-0.2, 0) is 6.42 Å². The lowest BCUT2D eigenvalue weighted by Crippen LogP contribution is -2.39. The summed E-state index contributed by atoms with van der Waals surface area (Å²) in [5, 5.41) is 3.78. The van der Waals surface area contributed by atoms with Crippen LogP contribution in [-0.4, -0.2) is 37.6 Å². The Labute approximate surface area is 229 Å². The average molecular weight is 506 g/mol. The molecule has 37 heavy (non-hydrogen) atoms. The maximum atomic E-state index is 7.21. The fourth-order valence-electron chi connectivity index (χ4n) is 5.67. The molecular weight excluding hydrogens is 450 g/mol. The molecule has 0 spiro atoms. The summed E-state index contributed by atoms with van der Waals surface area (Å²) in [6, 6.07) is 7.24. The van der Waals surface area contributed by atoms with Crippen molar-refractivity contribution in [1.82, 2.24) is 10.2 Å². The summed E-state index contributed by atoms with van der Waals surface area (Å²) in [6.07, 6.45) is 20.2. The Bertz CT molecular complexity index is 936. The van der Waals surface area contributed by atoms with E-state index in [0.717, 1.165) is 31.7 Å². The van der Waals surface area contributed by atoms with Crippen molar-refractivity contribution in [2.45, 2.75) is 98.1 Å². The lowest BCUT2D eigenvalue weighted by molar-refractivity contribution is 0.376. The predicted octanol–water partition coefficient (Wildman–Crippen LogP) is 7.69. The van der Waals surface area contributed by atoms with E-state index in [-0.39, 0.29) is 12.0 Å². The van der Waals surface area contributed by atoms with Gasteiger partial charge in [0.1, 0.15) is 0 Å². The van der Waals surface area contributed by atoms with Crippen LogP contribution in [0.25, 0.3) is 0 Å². The maximum absolute atomic E-state index is 7.21. The molecule has 2 rings (SSSR count). The molecule has 0 bridgehead atoms. The van der Waals surface area contributed by atoms with Crippen molar-refractivity contribution < 1.29 is 0 Å². The monoisotopic (exact) mass is 505 g/mol. The van der Waals surface area contributed by atoms with Crippen molar-refractivity contribution in [1.29, 1.82) is 0 Å². The van der Waals surface area contributed by atoms with Crippen molar-refractivity contribution in [2.24, 2.45) is 17.6 Å². The predicted molar refractivity (Wildman–Crippen MR) is 164 cm³/mol. The number of nitrogens with one attached hydrogen (secondary N) is 1. The zero-order valence-electron chi connectivity index (χ0n) is 25.1. The van der Waals surface area contributed by atoms with Crippen LogP contribution in [0, 0.1) is 18.8 Å². The minimum Gasteiger partial charge on any atom is -0.388 e. The van der Waals surface area contributed by atoms with Gasteiger partial charge in [0.05, 0.1) is 0 Å². The topological polar surface area (TPSA) is 41.3 Å². The van der Waals surface area contributed by atoms with Gasteiger partial charge in [0.15, 0.2) is 0 Å². The first kappa shape index (κ1) is 31.1. The highest BCUT2D eigenvalue weighted by molar-refractivity contribution is 5.44. The summed E-state index contributed by atoms with van der Waals surface area (Å²) in [5.74, 6) is 1.35. The standard InChI is InChI=1S/C34H55N3/c1-9-12-21-31(36-23-15-17-25(4)11-3)27(6)34(35)30(16-10-2)33-26(5)18-13-20-29(33)24-28-19-14-22-32(28)37(7)8/h9,12-14,18-22,25,27,30,32,34,36H,10-11,15-17,23-24,35H2,1-8H3/b12-9+,31-21-. The average Bonchev–Trinajstić information content (AvgIpc) is 3.35. The van der Waals surface area contributed by atoms with Gasteiger partial charge in [-0.25, -0.2) is 0 Å². The number of nitrogens with two attached hydrogens (primary N) is 1. The van der Waals surface area contributed by atoms with Gasteiger partial charge < -0.3 is 11.1 Å². The Morgan fingerprint density at radius 3 is 2.57 bits per heavy atom. The van der Waals surface area contributed by atoms with Crippen LogP contribution >= 0.6 is 0 Å². The highest BCUT2D eigenvalue weighted by Gasteiger charge is 2.30. The van der Waals surface area contributed by atoms with E-state index in [1.807, 2.05) is 0 Å². The van der Waals surface area contributed by atoms with E-state index in [1.54, 1.807) is 0 Å². The Balaban J connectivity index is 2.32. The smallest absolute Gasteiger partial charge is 0.0495 e. The van der Waals surface area contributed by atoms with E-state index in [4.69, 9.17) is 5.73 Å². The number of aryl methyl sites for hydroxylation is 1. The number of hydrogen-bond acceptors (Lipinski definition) is 3. The fourth-order valence-corrected chi connectivity index (χ4v) is 5.67. The van der Waals surface area contributed by atoms with Crippen molar-refractivity contribution in [2.75, 3.05) is 20.6 Å². The third kappa shape index (κ3) is 9.00. The molecule has 0 saturated carbocycles. The van der Waals surface area contributed by atoms with Crippen LogP contribution in [0.5, 0.6) is 0 Å². The van der Waals surface area contributed by atoms with E-state index in [2.05, 4.69) is 121 Å². The Morgan fingerprint density at radius 2 is 1.92 bits per heavy atom. The largest absolute Gasteiger partial charge is 0.388 e. The molecule has 0 heterocycles. The lowest BCUT2D eigenvalue weighted by Gasteiger charge is -2.34. The second-order valence-corrected chi connectivity index (χ2v) is 11.4. The van der Waals surface area contributed by atoms with Gasteiger partial charge in [0.25, 0.3) is 0 Å². The van der Waals surface area contributed by atoms with Gasteiger partial charge in [-0.15, -0.1) is 0 Å². The zero-order valence-corrected chi connectivity index (χ0v) is 25.1. The molecule has 0 saturated heterocycles. The molecule has 0 fully saturated rings. The third-order valence-corrected chi connectivity index (χ3v) is 8.22. The Kier molecular flexibility index (Phi) is 13.5. The van der Waals surface area contributed by atoms with Crippen molar-refractivity contribution >= 4 is 0 Å². The van der Waals surface area contributed by atoms with E-state index < -0.39 is 0 Å². The zero-order chi connectivity index (χ0) is 27.4. The van der Waals surface area contributed by atoms with Gasteiger partial charge in [0, 0.05) is 36.2 Å². The van der Waals surface area contributed by atoms with Crippen LogP contribution in [0.2, 0.25) is 0 Å². The van der Waals surface area contributed by atoms with E-state index in [0.29, 0.717) is 12.0 Å². The van der Waals surface area contributed by atoms with Crippen LogP contribution < -0.4 is 11.1 Å². The molecule has 1 aromatic rings. The number of nitrogens with zero attached hydrogens (tertiary/aromatic N) is 1. The van der Waals surface area contributed by atoms with Crippen molar-refractivity contribution in [3.8, 4) is 0 Å². The van der Waals surface area contributed by atoms with Gasteiger partial charge in [-0.1, -0.05) is 89.1 Å². The second kappa shape index (κ2) is 16.0. The van der Waals surface area contributed by atoms with Crippen LogP contribution in [0.15, 0.2) is 65.9 Å². The molecule has 206 valence electrons. The third-order valence-electron chi connectivity index (χ3n) is 8.22. The van der Waals surface area contributed by atoms with E-state index >= 15 is 0 Å². The highest BCUT2D eigenvalue weighted by Crippen LogP contribution is 2.36. The molecule has 0 aliphatic heterocycles. The summed E-state index contributed by atoms with van der Waals surface area (Å²) in [6.45, 7) is 14.6. The second-order valence-electron chi connectivity index (χ2n) is 11.4. The van der Waals surface area contributed by atoms with Crippen molar-refractivity contribution in [3.05, 3.63) is 82.6 Å². The normalized spacial score (nSPS) is 19.4. The molecule has 3 nitrogen and oxygen atoms in total. The fraction of sp³-hybridized carbons (Fsp3) is 0.588. The summed E-state index contributed by atoms with van der Waals surface area (Å²) >= 11 is 0. The molecule has 0 radical (unpaired) electrons. The molecular formula is C34H55N3. The molecule has 0 aromatic heterocycles. The summed E-state index contributed by atoms with van der Waals surface area (Å²) in [7, 11) is 4.33. The minimum absolute atomic E-state index is 0.0405. The molecule has 1 aliphatic rings. The van der Waals surface area contributed by atoms with Crippen molar-refractivity contribution in [3.63, 3.8) is 0 Å². The van der Waals surface area contributed by atoms with E-state index in [9.17, 15) is 0 Å². The number of allylic oxidation sites excluding steroid dienone is 5. The first-order valence-corrected chi connectivity index (χ1v) is 14.7. The number of likely N-dealkylation sites (N-methyl/N-ethyl adjacent to an activating group) is 1. The van der Waals surface area contributed by atoms with Gasteiger partial charge in [0.2, 0.25) is 0 Å². The molecule has 1 aromatic carbocycles. The first-order valence-electron chi connectivity index (χ1n) is 14.7. The Hall–Kier alpha value is -2.10. The molecule has 5 unspecified atom stereocenters. The summed E-state index contributed by atoms with van der Waals surface area (Å²) in [4.78, 5) is 2.30. The minimum atomic E-state index is 0.0405. The molecule has 0 amide bonds. The van der Waals surface area contributed by atoms with E-state index in [1.165, 1.54) is 47.2 Å². The molecule has 1 aliphatic carbocycles.